The number of rotatable bonds is 5. The van der Waals surface area contributed by atoms with Crippen LogP contribution in [0.4, 0.5) is 0 Å². The van der Waals surface area contributed by atoms with Gasteiger partial charge in [0.05, 0.1) is 35.1 Å². The Bertz CT molecular complexity index is 1400. The second-order valence-electron chi connectivity index (χ2n) is 8.06. The molecule has 4 rings (SSSR count). The summed E-state index contributed by atoms with van der Waals surface area (Å²) < 4.78 is 37.3. The molecule has 0 spiro atoms. The summed E-state index contributed by atoms with van der Waals surface area (Å²) in [4.78, 5) is 17.9. The summed E-state index contributed by atoms with van der Waals surface area (Å²) in [5.41, 5.74) is 3.33. The van der Waals surface area contributed by atoms with E-state index in [0.29, 0.717) is 12.2 Å². The van der Waals surface area contributed by atoms with Gasteiger partial charge in [-0.25, -0.2) is 13.3 Å². The number of aryl methyl sites for hydroxylation is 1. The summed E-state index contributed by atoms with van der Waals surface area (Å²) in [5.74, 6) is -0.139. The van der Waals surface area contributed by atoms with Gasteiger partial charge >= 0.3 is 0 Å². The van der Waals surface area contributed by atoms with Gasteiger partial charge in [-0.05, 0) is 64.5 Å². The predicted molar refractivity (Wildman–Crippen MR) is 135 cm³/mol. The summed E-state index contributed by atoms with van der Waals surface area (Å²) >= 11 is 0.786. The smallest absolute Gasteiger partial charge is 0.283 e. The Kier molecular flexibility index (Phi) is 6.26. The second kappa shape index (κ2) is 8.88. The molecule has 1 amide bonds. The SMILES string of the molecule is CCOc1ccccc1-n1c(C)cc(/C=C2/C(=N)N3C(=NC2=O)SN=C3S(=O)(=O)C(C)C)c1C. The van der Waals surface area contributed by atoms with Crippen molar-refractivity contribution in [3.8, 4) is 11.4 Å². The lowest BCUT2D eigenvalue weighted by Gasteiger charge is -2.25. The molecular weight excluding hydrogens is 474 g/mol. The van der Waals surface area contributed by atoms with E-state index in [4.69, 9.17) is 10.1 Å². The number of carbonyl (C=O) groups excluding carboxylic acids is 1. The molecule has 1 aromatic carbocycles. The third-order valence-electron chi connectivity index (χ3n) is 5.55. The Morgan fingerprint density at radius 2 is 1.94 bits per heavy atom. The summed E-state index contributed by atoms with van der Waals surface area (Å²) in [6.07, 6.45) is 1.58. The molecule has 0 bridgehead atoms. The molecule has 0 radical (unpaired) electrons. The zero-order chi connectivity index (χ0) is 24.8. The van der Waals surface area contributed by atoms with Crippen molar-refractivity contribution in [2.45, 2.75) is 39.9 Å². The van der Waals surface area contributed by atoms with Crippen molar-refractivity contribution in [2.24, 2.45) is 9.39 Å². The number of carbonyl (C=O) groups is 1. The number of hydrogen-bond donors (Lipinski definition) is 1. The molecule has 0 fully saturated rings. The third kappa shape index (κ3) is 3.88. The first-order valence-corrected chi connectivity index (χ1v) is 13.0. The molecule has 0 aliphatic carbocycles. The first kappa shape index (κ1) is 24.0. The minimum absolute atomic E-state index is 0.00347. The second-order valence-corrected chi connectivity index (χ2v) is 11.2. The van der Waals surface area contributed by atoms with E-state index < -0.39 is 21.0 Å². The van der Waals surface area contributed by atoms with Crippen molar-refractivity contribution in [2.75, 3.05) is 6.61 Å². The average molecular weight is 500 g/mol. The molecule has 1 aromatic heterocycles. The topological polar surface area (TPSA) is 117 Å². The van der Waals surface area contributed by atoms with E-state index >= 15 is 0 Å². The van der Waals surface area contributed by atoms with Crippen LogP contribution in [0.5, 0.6) is 5.75 Å². The Balaban J connectivity index is 1.78. The van der Waals surface area contributed by atoms with E-state index in [-0.39, 0.29) is 21.7 Å². The van der Waals surface area contributed by atoms with Gasteiger partial charge in [0.25, 0.3) is 5.91 Å². The fourth-order valence-electron chi connectivity index (χ4n) is 3.77. The molecular formula is C23H25N5O4S2. The van der Waals surface area contributed by atoms with Crippen LogP contribution in [0.15, 0.2) is 45.3 Å². The van der Waals surface area contributed by atoms with Crippen molar-refractivity contribution < 1.29 is 17.9 Å². The highest BCUT2D eigenvalue weighted by molar-refractivity contribution is 8.16. The van der Waals surface area contributed by atoms with E-state index in [1.807, 2.05) is 55.7 Å². The quantitative estimate of drug-likeness (QED) is 0.493. The number of amides is 1. The van der Waals surface area contributed by atoms with Crippen molar-refractivity contribution in [3.63, 3.8) is 0 Å². The van der Waals surface area contributed by atoms with Gasteiger partial charge in [0, 0.05) is 11.4 Å². The summed E-state index contributed by atoms with van der Waals surface area (Å²) in [6, 6.07) is 9.58. The van der Waals surface area contributed by atoms with Crippen LogP contribution in [0.25, 0.3) is 11.8 Å². The number of nitrogens with zero attached hydrogens (tertiary/aromatic N) is 4. The fraction of sp³-hybridized carbons (Fsp3) is 0.304. The average Bonchev–Trinajstić information content (AvgIpc) is 3.33. The van der Waals surface area contributed by atoms with E-state index in [1.54, 1.807) is 19.9 Å². The maximum Gasteiger partial charge on any atom is 0.283 e. The highest BCUT2D eigenvalue weighted by atomic mass is 32.2. The Morgan fingerprint density at radius 1 is 1.24 bits per heavy atom. The van der Waals surface area contributed by atoms with Crippen molar-refractivity contribution >= 4 is 49.9 Å². The molecule has 9 nitrogen and oxygen atoms in total. The third-order valence-corrected chi connectivity index (χ3v) is 8.39. The minimum Gasteiger partial charge on any atom is -0.492 e. The molecule has 34 heavy (non-hydrogen) atoms. The van der Waals surface area contributed by atoms with Crippen molar-refractivity contribution in [1.29, 1.82) is 5.41 Å². The van der Waals surface area contributed by atoms with Crippen LogP contribution in [-0.2, 0) is 14.6 Å². The van der Waals surface area contributed by atoms with E-state index in [0.717, 1.165) is 39.7 Å². The molecule has 0 unspecified atom stereocenters. The molecule has 3 heterocycles. The van der Waals surface area contributed by atoms with Gasteiger partial charge in [0.15, 0.2) is 0 Å². The maximum atomic E-state index is 12.8. The summed E-state index contributed by atoms with van der Waals surface area (Å²) in [6.45, 7) is 9.39. The lowest BCUT2D eigenvalue weighted by molar-refractivity contribution is -0.114. The molecule has 0 saturated carbocycles. The number of nitrogens with one attached hydrogen (secondary N) is 1. The first-order valence-electron chi connectivity index (χ1n) is 10.7. The van der Waals surface area contributed by atoms with Crippen LogP contribution in [0.2, 0.25) is 0 Å². The summed E-state index contributed by atoms with van der Waals surface area (Å²) in [7, 11) is -3.77. The van der Waals surface area contributed by atoms with Crippen LogP contribution in [0, 0.1) is 19.3 Å². The fourth-order valence-corrected chi connectivity index (χ4v) is 5.84. The number of fused-ring (bicyclic) bond motifs is 1. The van der Waals surface area contributed by atoms with Crippen LogP contribution >= 0.6 is 11.9 Å². The monoisotopic (exact) mass is 499 g/mol. The van der Waals surface area contributed by atoms with Crippen LogP contribution < -0.4 is 4.74 Å². The largest absolute Gasteiger partial charge is 0.492 e. The number of benzene rings is 1. The highest BCUT2D eigenvalue weighted by Gasteiger charge is 2.43. The van der Waals surface area contributed by atoms with Gasteiger partial charge in [-0.2, -0.15) is 9.39 Å². The Hall–Kier alpha value is -3.18. The van der Waals surface area contributed by atoms with Crippen LogP contribution in [0.3, 0.4) is 0 Å². The number of ether oxygens (including phenoxy) is 1. The van der Waals surface area contributed by atoms with Gasteiger partial charge in [0.1, 0.15) is 11.6 Å². The molecule has 11 heteroatoms. The van der Waals surface area contributed by atoms with Gasteiger partial charge in [-0.3, -0.25) is 10.2 Å². The Morgan fingerprint density at radius 3 is 2.62 bits per heavy atom. The number of hydrogen-bond acceptors (Lipinski definition) is 7. The number of aromatic nitrogens is 1. The molecule has 2 aliphatic heterocycles. The van der Waals surface area contributed by atoms with Gasteiger partial charge in [0.2, 0.25) is 20.2 Å². The van der Waals surface area contributed by atoms with Gasteiger partial charge in [-0.1, -0.05) is 12.1 Å². The number of para-hydroxylation sites is 2. The molecule has 178 valence electrons. The van der Waals surface area contributed by atoms with Crippen LogP contribution in [0.1, 0.15) is 37.7 Å². The molecule has 2 aliphatic rings. The maximum absolute atomic E-state index is 12.8. The van der Waals surface area contributed by atoms with E-state index in [9.17, 15) is 13.2 Å². The number of aliphatic imine (C=N–C) groups is 1. The zero-order valence-corrected chi connectivity index (χ0v) is 21.1. The zero-order valence-electron chi connectivity index (χ0n) is 19.5. The standard InChI is InChI=1S/C23H25N5O4S2/c1-6-32-19-10-8-7-9-18(19)27-14(4)11-16(15(27)5)12-17-20(24)28-22(25-21(17)29)33-26-23(28)34(30,31)13(2)3/h7-13,24H,6H2,1-5H3/b17-12-,24-20?. The van der Waals surface area contributed by atoms with Crippen LogP contribution in [-0.4, -0.2) is 51.8 Å². The van der Waals surface area contributed by atoms with Gasteiger partial charge in [-0.15, -0.1) is 0 Å². The summed E-state index contributed by atoms with van der Waals surface area (Å²) in [5, 5.41) is 7.73. The molecule has 1 N–H and O–H groups in total. The van der Waals surface area contributed by atoms with E-state index in [1.165, 1.54) is 0 Å². The highest BCUT2D eigenvalue weighted by Crippen LogP contribution is 2.33. The number of sulfone groups is 1. The molecule has 0 saturated heterocycles. The lowest BCUT2D eigenvalue weighted by Crippen LogP contribution is -2.46. The minimum atomic E-state index is -3.77. The lowest BCUT2D eigenvalue weighted by atomic mass is 10.1. The van der Waals surface area contributed by atoms with Crippen molar-refractivity contribution in [3.05, 3.63) is 52.9 Å². The predicted octanol–water partition coefficient (Wildman–Crippen LogP) is 3.89. The molecule has 0 atom stereocenters. The van der Waals surface area contributed by atoms with E-state index in [2.05, 4.69) is 9.39 Å². The molecule has 2 aromatic rings. The normalized spacial score (nSPS) is 17.4. The van der Waals surface area contributed by atoms with Crippen molar-refractivity contribution in [1.82, 2.24) is 9.47 Å². The number of amidine groups is 3. The first-order chi connectivity index (χ1) is 16.1. The Labute approximate surface area is 202 Å². The van der Waals surface area contributed by atoms with Gasteiger partial charge < -0.3 is 9.30 Å².